The fourth-order valence-corrected chi connectivity index (χ4v) is 7.17. The third-order valence-corrected chi connectivity index (χ3v) is 9.27. The Kier molecular flexibility index (Phi) is 9.96. The van der Waals surface area contributed by atoms with E-state index in [9.17, 15) is 29.4 Å². The number of carbonyl (C=O) groups is 3. The molecule has 2 atom stereocenters. The van der Waals surface area contributed by atoms with Gasteiger partial charge in [0.25, 0.3) is 17.7 Å². The maximum absolute atomic E-state index is 13.2. The number of oxime groups is 1. The topological polar surface area (TPSA) is 231 Å². The van der Waals surface area contributed by atoms with Gasteiger partial charge in [0.2, 0.25) is 11.5 Å². The van der Waals surface area contributed by atoms with E-state index in [1.54, 1.807) is 0 Å². The Labute approximate surface area is 266 Å². The summed E-state index contributed by atoms with van der Waals surface area (Å²) in [7, 11) is 1.46. The van der Waals surface area contributed by atoms with E-state index >= 15 is 0 Å². The fourth-order valence-electron chi connectivity index (χ4n) is 4.34. The molecule has 1 unspecified atom stereocenters. The van der Waals surface area contributed by atoms with Crippen LogP contribution in [0.1, 0.15) is 31.5 Å². The number of anilines is 1. The Balaban J connectivity index is 0.00000387. The molecule has 1 aliphatic carbocycles. The van der Waals surface area contributed by atoms with Crippen molar-refractivity contribution in [3.63, 3.8) is 0 Å². The smallest absolute Gasteiger partial charge is 0.543 e. The number of carbonyl (C=O) groups excluding carboxylic acids is 3. The molecule has 0 spiro atoms. The number of rotatable bonds is 9. The number of β-lactam (4-membered cyclic amide) rings is 1. The average Bonchev–Trinajstić information content (AvgIpc) is 3.60. The molecule has 2 aliphatic heterocycles. The summed E-state index contributed by atoms with van der Waals surface area (Å²) in [6.07, 6.45) is 3.44. The number of carboxylic acids is 1. The minimum atomic E-state index is -1.56. The number of amides is 2. The van der Waals surface area contributed by atoms with Crippen LogP contribution < -0.4 is 51.3 Å². The van der Waals surface area contributed by atoms with Gasteiger partial charge in [-0.05, 0) is 31.3 Å². The van der Waals surface area contributed by atoms with Crippen LogP contribution in [0.15, 0.2) is 26.4 Å². The van der Waals surface area contributed by atoms with Crippen molar-refractivity contribution >= 4 is 63.7 Å². The molecule has 0 bridgehead atoms. The van der Waals surface area contributed by atoms with Crippen LogP contribution in [0.4, 0.5) is 5.13 Å². The number of carboxylic acid groups (broad SMARTS) is 1. The number of hydrogen-bond acceptors (Lipinski definition) is 16. The van der Waals surface area contributed by atoms with Gasteiger partial charge < -0.3 is 30.9 Å². The van der Waals surface area contributed by atoms with Crippen molar-refractivity contribution < 1.29 is 59.0 Å². The molecule has 0 radical (unpaired) electrons. The summed E-state index contributed by atoms with van der Waals surface area (Å²) < 4.78 is 5.21. The number of nitrogens with one attached hydrogen (secondary N) is 1. The normalized spacial score (nSPS) is 20.8. The van der Waals surface area contributed by atoms with E-state index in [0.717, 1.165) is 53.9 Å². The van der Waals surface area contributed by atoms with Gasteiger partial charge >= 0.3 is 35.1 Å². The zero-order valence-corrected chi connectivity index (χ0v) is 26.3. The number of fused-ring (bicyclic) bond motifs is 1. The number of aliphatic carboxylic acids is 1. The predicted octanol–water partition coefficient (Wildman–Crippen LogP) is -4.82. The van der Waals surface area contributed by atoms with Crippen LogP contribution in [-0.2, 0) is 26.3 Å². The molecule has 0 aromatic carbocycles. The molecule has 2 fully saturated rings. The van der Waals surface area contributed by atoms with Gasteiger partial charge in [-0.15, -0.1) is 16.9 Å². The number of nitrogens with zero attached hydrogens (tertiary/aromatic N) is 7. The van der Waals surface area contributed by atoms with Gasteiger partial charge in [-0.25, -0.2) is 4.68 Å². The third kappa shape index (κ3) is 6.54. The van der Waals surface area contributed by atoms with E-state index in [4.69, 9.17) is 10.6 Å². The Morgan fingerprint density at radius 1 is 1.29 bits per heavy atom. The minimum Gasteiger partial charge on any atom is -0.543 e. The molecule has 2 aromatic heterocycles. The zero-order chi connectivity index (χ0) is 28.6. The zero-order valence-electron chi connectivity index (χ0n) is 21.8. The van der Waals surface area contributed by atoms with Crippen LogP contribution in [0.2, 0.25) is 0 Å². The maximum Gasteiger partial charge on any atom is 1.00 e. The Hall–Kier alpha value is -2.71. The summed E-state index contributed by atoms with van der Waals surface area (Å²) >= 11 is 3.14. The van der Waals surface area contributed by atoms with Crippen molar-refractivity contribution in [2.24, 2.45) is 12.2 Å². The molecule has 20 heteroatoms. The number of hydrogen-bond donors (Lipinski definition) is 3. The first-order valence-electron chi connectivity index (χ1n) is 11.9. The summed E-state index contributed by atoms with van der Waals surface area (Å²) in [5.74, 6) is -3.51. The van der Waals surface area contributed by atoms with Crippen molar-refractivity contribution in [1.29, 1.82) is 0 Å². The second-order valence-corrected chi connectivity index (χ2v) is 11.8. The molecule has 1 saturated heterocycles. The van der Waals surface area contributed by atoms with Gasteiger partial charge in [-0.1, -0.05) is 16.9 Å². The number of aryl methyl sites for hydroxylation is 1. The van der Waals surface area contributed by atoms with Crippen molar-refractivity contribution in [2.75, 3.05) is 17.2 Å². The molecule has 1 saturated carbocycles. The standard InChI is InChI=1S/C21H23N9O7S3.Na/c1-29-21(25-15(32)16(33)26-29)39-7-8-6-38-18-11(17(34)30(18)12(8)19(35)36)23-14(31)10(13-24-20(22)40-28-13)27-37-9-4-2-3-5-9;/h9,11,18H,2-7H2,1H3,(H,23,31)(H,26,33)(H,35,36)(H2,22,24,28);/q;+1/p-1/b27-10-;/t11?,18-;/m1./s1. The van der Waals surface area contributed by atoms with Crippen LogP contribution >= 0.6 is 35.1 Å². The molecule has 41 heavy (non-hydrogen) atoms. The molecule has 5 rings (SSSR count). The van der Waals surface area contributed by atoms with Crippen LogP contribution in [0, 0.1) is 0 Å². The third-order valence-electron chi connectivity index (χ3n) is 6.28. The van der Waals surface area contributed by atoms with E-state index in [2.05, 4.69) is 29.9 Å². The first-order chi connectivity index (χ1) is 19.1. The van der Waals surface area contributed by atoms with Gasteiger partial charge in [0.1, 0.15) is 17.5 Å². The number of nitrogens with two attached hydrogens (primary N) is 1. The average molecular weight is 632 g/mol. The quantitative estimate of drug-likeness (QED) is 0.0775. The van der Waals surface area contributed by atoms with E-state index in [-0.39, 0.29) is 74.7 Å². The summed E-state index contributed by atoms with van der Waals surface area (Å²) in [5.41, 5.74) is 4.57. The van der Waals surface area contributed by atoms with Gasteiger partial charge in [-0.2, -0.15) is 14.3 Å². The monoisotopic (exact) mass is 631 g/mol. The van der Waals surface area contributed by atoms with Crippen molar-refractivity contribution in [2.45, 2.75) is 48.4 Å². The van der Waals surface area contributed by atoms with Gasteiger partial charge in [0.05, 0.1) is 11.7 Å². The largest absolute Gasteiger partial charge is 1.00 e. The number of aromatic nitrogens is 5. The van der Waals surface area contributed by atoms with Gasteiger partial charge in [0, 0.05) is 30.1 Å². The van der Waals surface area contributed by atoms with Gasteiger partial charge in [0.15, 0.2) is 10.3 Å². The fraction of sp³-hybridized carbons (Fsp3) is 0.476. The van der Waals surface area contributed by atoms with E-state index in [1.807, 2.05) is 0 Å². The molecule has 4 heterocycles. The van der Waals surface area contributed by atoms with Crippen LogP contribution in [0.5, 0.6) is 5.88 Å². The summed E-state index contributed by atoms with van der Waals surface area (Å²) in [5, 5.41) is 31.3. The number of nitrogen functional groups attached to an aromatic ring is 1. The first-order valence-corrected chi connectivity index (χ1v) is 14.7. The van der Waals surface area contributed by atoms with Crippen molar-refractivity contribution in [1.82, 2.24) is 34.3 Å². The molecular formula is C21H22N9NaO7S3. The Morgan fingerprint density at radius 3 is 2.68 bits per heavy atom. The molecule has 212 valence electrons. The SMILES string of the molecule is Cn1nc(O)c(=O)nc1SCC1=C(C(=O)[O-])N2C(=O)C(NC(=O)/C(=N\OC3CCCC3)c3nsc(N)n3)[C@H]2SC1.[Na+]. The summed E-state index contributed by atoms with van der Waals surface area (Å²) in [4.78, 5) is 64.3. The van der Waals surface area contributed by atoms with E-state index < -0.39 is 40.6 Å². The Bertz CT molecular complexity index is 1490. The maximum atomic E-state index is 13.2. The molecule has 3 aliphatic rings. The molecule has 16 nitrogen and oxygen atoms in total. The molecular weight excluding hydrogens is 609 g/mol. The summed E-state index contributed by atoms with van der Waals surface area (Å²) in [6.45, 7) is 0. The van der Waals surface area contributed by atoms with E-state index in [1.165, 1.54) is 23.5 Å². The molecule has 2 amide bonds. The van der Waals surface area contributed by atoms with Crippen LogP contribution in [-0.4, -0.2) is 86.6 Å². The van der Waals surface area contributed by atoms with Crippen molar-refractivity contribution in [3.05, 3.63) is 27.4 Å². The minimum absolute atomic E-state index is 0. The second-order valence-electron chi connectivity index (χ2n) is 8.94. The van der Waals surface area contributed by atoms with Crippen molar-refractivity contribution in [3.8, 4) is 5.88 Å². The van der Waals surface area contributed by atoms with Crippen LogP contribution in [0.25, 0.3) is 0 Å². The first kappa shape index (κ1) is 31.2. The second kappa shape index (κ2) is 13.1. The van der Waals surface area contributed by atoms with Crippen LogP contribution in [0.3, 0.4) is 0 Å². The molecule has 4 N–H and O–H groups in total. The molecule has 2 aromatic rings. The number of thioether (sulfide) groups is 2. The van der Waals surface area contributed by atoms with E-state index in [0.29, 0.717) is 5.57 Å². The number of aromatic hydroxyl groups is 1. The summed E-state index contributed by atoms with van der Waals surface area (Å²) in [6, 6.07) is -1.04. The Morgan fingerprint density at radius 2 is 2.02 bits per heavy atom. The predicted molar refractivity (Wildman–Crippen MR) is 141 cm³/mol. The van der Waals surface area contributed by atoms with Gasteiger partial charge in [-0.3, -0.25) is 19.3 Å².